The largest absolute Gasteiger partial charge is 0.322 e. The van der Waals surface area contributed by atoms with Gasteiger partial charge in [0.1, 0.15) is 5.82 Å². The molecule has 0 aliphatic rings. The van der Waals surface area contributed by atoms with Crippen LogP contribution in [0.1, 0.15) is 21.5 Å². The lowest BCUT2D eigenvalue weighted by atomic mass is 10.1. The van der Waals surface area contributed by atoms with Crippen LogP contribution >= 0.6 is 11.8 Å². The molecule has 5 nitrogen and oxygen atoms in total. The Labute approximate surface area is 184 Å². The van der Waals surface area contributed by atoms with Gasteiger partial charge in [0.2, 0.25) is 0 Å². The number of nitrogens with zero attached hydrogens (tertiary/aromatic N) is 3. The Balaban J connectivity index is 1.49. The third kappa shape index (κ3) is 4.83. The summed E-state index contributed by atoms with van der Waals surface area (Å²) in [5, 5.41) is 12.2. The van der Waals surface area contributed by atoms with Crippen molar-refractivity contribution in [3.63, 3.8) is 0 Å². The van der Waals surface area contributed by atoms with Gasteiger partial charge in [-0.15, -0.1) is 10.2 Å². The lowest BCUT2D eigenvalue weighted by molar-refractivity contribution is 0.102. The summed E-state index contributed by atoms with van der Waals surface area (Å²) in [7, 11) is 1.91. The molecule has 0 aliphatic heterocycles. The van der Waals surface area contributed by atoms with Crippen LogP contribution < -0.4 is 5.32 Å². The molecular weight excluding hydrogens is 411 g/mol. The highest BCUT2D eigenvalue weighted by molar-refractivity contribution is 7.98. The molecule has 0 spiro atoms. The van der Waals surface area contributed by atoms with Gasteiger partial charge in [-0.25, -0.2) is 4.39 Å². The molecule has 1 amide bonds. The van der Waals surface area contributed by atoms with Gasteiger partial charge in [0.15, 0.2) is 11.0 Å². The number of nitrogens with one attached hydrogen (secondary N) is 1. The van der Waals surface area contributed by atoms with E-state index in [1.54, 1.807) is 36.0 Å². The number of aromatic nitrogens is 3. The van der Waals surface area contributed by atoms with Gasteiger partial charge in [-0.05, 0) is 36.8 Å². The van der Waals surface area contributed by atoms with Crippen LogP contribution in [0.4, 0.5) is 10.1 Å². The van der Waals surface area contributed by atoms with Crippen LogP contribution in [0, 0.1) is 12.7 Å². The molecule has 1 aromatic heterocycles. The van der Waals surface area contributed by atoms with Crippen molar-refractivity contribution in [1.82, 2.24) is 14.8 Å². The minimum absolute atomic E-state index is 0.00125. The smallest absolute Gasteiger partial charge is 0.258 e. The summed E-state index contributed by atoms with van der Waals surface area (Å²) in [6.45, 7) is 2.07. The number of aryl methyl sites for hydroxylation is 1. The van der Waals surface area contributed by atoms with E-state index < -0.39 is 11.7 Å². The van der Waals surface area contributed by atoms with Crippen molar-refractivity contribution in [1.29, 1.82) is 0 Å². The predicted molar refractivity (Wildman–Crippen MR) is 122 cm³/mol. The summed E-state index contributed by atoms with van der Waals surface area (Å²) in [4.78, 5) is 12.4. The van der Waals surface area contributed by atoms with Gasteiger partial charge < -0.3 is 9.88 Å². The number of benzene rings is 3. The third-order valence-electron chi connectivity index (χ3n) is 4.82. The summed E-state index contributed by atoms with van der Waals surface area (Å²) in [5.74, 6) is 0.431. The van der Waals surface area contributed by atoms with E-state index in [9.17, 15) is 9.18 Å². The molecule has 0 bridgehead atoms. The Morgan fingerprint density at radius 1 is 1.03 bits per heavy atom. The third-order valence-corrected chi connectivity index (χ3v) is 5.91. The first kappa shape index (κ1) is 20.8. The summed E-state index contributed by atoms with van der Waals surface area (Å²) >= 11 is 1.61. The molecule has 156 valence electrons. The molecule has 0 aliphatic carbocycles. The fraction of sp³-hybridized carbons (Fsp3) is 0.125. The zero-order valence-corrected chi connectivity index (χ0v) is 18.0. The van der Waals surface area contributed by atoms with E-state index >= 15 is 0 Å². The maximum Gasteiger partial charge on any atom is 0.258 e. The molecule has 1 heterocycles. The lowest BCUT2D eigenvalue weighted by Gasteiger charge is -2.08. The SMILES string of the molecule is Cc1ccc(CSc2nnc(-c3cccc(NC(=O)c4ccccc4F)c3)n2C)cc1. The number of thioether (sulfide) groups is 1. The average Bonchev–Trinajstić information content (AvgIpc) is 3.14. The van der Waals surface area contributed by atoms with Crippen molar-refractivity contribution in [2.24, 2.45) is 7.05 Å². The summed E-state index contributed by atoms with van der Waals surface area (Å²) in [5.41, 5.74) is 3.82. The summed E-state index contributed by atoms with van der Waals surface area (Å²) < 4.78 is 15.8. The van der Waals surface area contributed by atoms with E-state index in [1.165, 1.54) is 23.3 Å². The minimum atomic E-state index is -0.556. The van der Waals surface area contributed by atoms with Crippen molar-refractivity contribution in [2.75, 3.05) is 5.32 Å². The zero-order valence-electron chi connectivity index (χ0n) is 17.2. The highest BCUT2D eigenvalue weighted by Gasteiger charge is 2.14. The van der Waals surface area contributed by atoms with Gasteiger partial charge in [0.25, 0.3) is 5.91 Å². The van der Waals surface area contributed by atoms with E-state index in [-0.39, 0.29) is 5.56 Å². The van der Waals surface area contributed by atoms with Crippen molar-refractivity contribution < 1.29 is 9.18 Å². The molecule has 0 saturated carbocycles. The number of hydrogen-bond acceptors (Lipinski definition) is 4. The van der Waals surface area contributed by atoms with E-state index in [0.717, 1.165) is 16.5 Å². The summed E-state index contributed by atoms with van der Waals surface area (Å²) in [6.07, 6.45) is 0. The Bertz CT molecular complexity index is 1220. The van der Waals surface area contributed by atoms with Crippen LogP contribution in [0.5, 0.6) is 0 Å². The molecule has 31 heavy (non-hydrogen) atoms. The Morgan fingerprint density at radius 2 is 1.81 bits per heavy atom. The molecular formula is C24H21FN4OS. The Morgan fingerprint density at radius 3 is 2.58 bits per heavy atom. The average molecular weight is 433 g/mol. The predicted octanol–water partition coefficient (Wildman–Crippen LogP) is 5.47. The fourth-order valence-electron chi connectivity index (χ4n) is 3.10. The van der Waals surface area contributed by atoms with Gasteiger partial charge in [-0.3, -0.25) is 4.79 Å². The zero-order chi connectivity index (χ0) is 21.8. The van der Waals surface area contributed by atoms with Gasteiger partial charge >= 0.3 is 0 Å². The first-order valence-electron chi connectivity index (χ1n) is 9.75. The first-order valence-corrected chi connectivity index (χ1v) is 10.7. The van der Waals surface area contributed by atoms with Crippen LogP contribution in [0.2, 0.25) is 0 Å². The molecule has 1 N–H and O–H groups in total. The number of carbonyl (C=O) groups is 1. The van der Waals surface area contributed by atoms with Gasteiger partial charge in [-0.2, -0.15) is 0 Å². The number of rotatable bonds is 6. The van der Waals surface area contributed by atoms with E-state index in [0.29, 0.717) is 11.5 Å². The standard InChI is InChI=1S/C24H21FN4OS/c1-16-10-12-17(13-11-16)15-31-24-28-27-22(29(24)2)18-6-5-7-19(14-18)26-23(30)20-8-3-4-9-21(20)25/h3-14H,15H2,1-2H3,(H,26,30). The molecule has 0 atom stereocenters. The summed E-state index contributed by atoms with van der Waals surface area (Å²) in [6, 6.07) is 21.6. The quantitative estimate of drug-likeness (QED) is 0.410. The van der Waals surface area contributed by atoms with Crippen LogP contribution in [-0.4, -0.2) is 20.7 Å². The number of hydrogen-bond donors (Lipinski definition) is 1. The van der Waals surface area contributed by atoms with Crippen molar-refractivity contribution >= 4 is 23.4 Å². The number of halogens is 1. The molecule has 0 saturated heterocycles. The second-order valence-corrected chi connectivity index (χ2v) is 8.10. The molecule has 3 aromatic carbocycles. The van der Waals surface area contributed by atoms with Crippen LogP contribution in [-0.2, 0) is 12.8 Å². The molecule has 7 heteroatoms. The van der Waals surface area contributed by atoms with Gasteiger partial charge in [0, 0.05) is 24.1 Å². The molecule has 0 radical (unpaired) electrons. The normalized spacial score (nSPS) is 10.8. The molecule has 4 aromatic rings. The van der Waals surface area contributed by atoms with Crippen molar-refractivity contribution in [3.05, 3.63) is 95.3 Å². The van der Waals surface area contributed by atoms with Crippen LogP contribution in [0.15, 0.2) is 78.0 Å². The highest BCUT2D eigenvalue weighted by atomic mass is 32.2. The lowest BCUT2D eigenvalue weighted by Crippen LogP contribution is -2.13. The van der Waals surface area contributed by atoms with Crippen LogP contribution in [0.3, 0.4) is 0 Å². The minimum Gasteiger partial charge on any atom is -0.322 e. The van der Waals surface area contributed by atoms with Crippen molar-refractivity contribution in [2.45, 2.75) is 17.8 Å². The highest BCUT2D eigenvalue weighted by Crippen LogP contribution is 2.27. The molecule has 0 unspecified atom stereocenters. The van der Waals surface area contributed by atoms with E-state index in [1.807, 2.05) is 23.7 Å². The monoisotopic (exact) mass is 432 g/mol. The maximum atomic E-state index is 13.9. The Kier molecular flexibility index (Phi) is 6.13. The second-order valence-electron chi connectivity index (χ2n) is 7.15. The van der Waals surface area contributed by atoms with E-state index in [2.05, 4.69) is 46.7 Å². The number of anilines is 1. The number of carbonyl (C=O) groups excluding carboxylic acids is 1. The topological polar surface area (TPSA) is 59.8 Å². The Hall–Kier alpha value is -3.45. The maximum absolute atomic E-state index is 13.9. The molecule has 0 fully saturated rings. The second kappa shape index (κ2) is 9.14. The fourth-order valence-corrected chi connectivity index (χ4v) is 3.97. The molecule has 4 rings (SSSR count). The van der Waals surface area contributed by atoms with E-state index in [4.69, 9.17) is 0 Å². The van der Waals surface area contributed by atoms with Crippen molar-refractivity contribution in [3.8, 4) is 11.4 Å². The first-order chi connectivity index (χ1) is 15.0. The number of amides is 1. The van der Waals surface area contributed by atoms with Gasteiger partial charge in [0.05, 0.1) is 5.56 Å². The van der Waals surface area contributed by atoms with Crippen LogP contribution in [0.25, 0.3) is 11.4 Å². The van der Waals surface area contributed by atoms with Gasteiger partial charge in [-0.1, -0.05) is 65.9 Å².